The Bertz CT molecular complexity index is 572. The minimum absolute atomic E-state index is 0.0305. The molecule has 2 aromatic rings. The molecule has 0 aliphatic carbocycles. The average molecular weight is 333 g/mol. The van der Waals surface area contributed by atoms with E-state index in [1.165, 1.54) is 0 Å². The van der Waals surface area contributed by atoms with Crippen molar-refractivity contribution in [3.05, 3.63) is 64.6 Å². The number of amides is 1. The van der Waals surface area contributed by atoms with Gasteiger partial charge in [-0.25, -0.2) is 0 Å². The van der Waals surface area contributed by atoms with Crippen molar-refractivity contribution in [1.82, 2.24) is 5.32 Å². The van der Waals surface area contributed by atoms with Gasteiger partial charge < -0.3 is 10.6 Å². The number of rotatable bonds is 5. The van der Waals surface area contributed by atoms with E-state index in [0.717, 1.165) is 15.7 Å². The summed E-state index contributed by atoms with van der Waals surface area (Å²) in [6.45, 7) is 2.24. The highest BCUT2D eigenvalue weighted by Crippen LogP contribution is 2.22. The highest BCUT2D eigenvalue weighted by Gasteiger charge is 2.11. The molecule has 0 spiro atoms. The lowest BCUT2D eigenvalue weighted by molar-refractivity contribution is -0.120. The summed E-state index contributed by atoms with van der Waals surface area (Å²) < 4.78 is 1.00. The van der Waals surface area contributed by atoms with Crippen LogP contribution in [-0.2, 0) is 4.79 Å². The average Bonchev–Trinajstić information content (AvgIpc) is 2.46. The Labute approximate surface area is 127 Å². The van der Waals surface area contributed by atoms with Crippen molar-refractivity contribution in [1.29, 1.82) is 0 Å². The van der Waals surface area contributed by atoms with Crippen molar-refractivity contribution in [2.45, 2.75) is 13.0 Å². The van der Waals surface area contributed by atoms with Gasteiger partial charge in [0, 0.05) is 10.2 Å². The zero-order valence-electron chi connectivity index (χ0n) is 11.3. The molecule has 2 N–H and O–H groups in total. The molecule has 1 atom stereocenters. The smallest absolute Gasteiger partial charge is 0.239 e. The summed E-state index contributed by atoms with van der Waals surface area (Å²) in [5, 5.41) is 6.07. The highest BCUT2D eigenvalue weighted by atomic mass is 79.9. The molecular formula is C16H17BrN2O. The van der Waals surface area contributed by atoms with E-state index in [2.05, 4.69) is 26.6 Å². The molecule has 2 aromatic carbocycles. The van der Waals surface area contributed by atoms with Gasteiger partial charge in [0.05, 0.1) is 12.6 Å². The quantitative estimate of drug-likeness (QED) is 0.875. The van der Waals surface area contributed by atoms with Crippen molar-refractivity contribution in [3.63, 3.8) is 0 Å². The second-order valence-corrected chi connectivity index (χ2v) is 5.38. The molecule has 1 amide bonds. The van der Waals surface area contributed by atoms with Crippen LogP contribution in [0.1, 0.15) is 18.5 Å². The summed E-state index contributed by atoms with van der Waals surface area (Å²) in [5.74, 6) is -0.0305. The molecule has 0 saturated heterocycles. The number of para-hydroxylation sites is 1. The van der Waals surface area contributed by atoms with Crippen molar-refractivity contribution in [2.75, 3.05) is 11.9 Å². The van der Waals surface area contributed by atoms with E-state index in [9.17, 15) is 4.79 Å². The summed E-state index contributed by atoms with van der Waals surface area (Å²) in [7, 11) is 0. The van der Waals surface area contributed by atoms with Crippen LogP contribution < -0.4 is 10.6 Å². The van der Waals surface area contributed by atoms with Gasteiger partial charge >= 0.3 is 0 Å². The minimum atomic E-state index is -0.0318. The van der Waals surface area contributed by atoms with Crippen LogP contribution in [0.4, 0.5) is 5.69 Å². The van der Waals surface area contributed by atoms with Crippen LogP contribution >= 0.6 is 15.9 Å². The number of anilines is 1. The Morgan fingerprint density at radius 1 is 1.10 bits per heavy atom. The van der Waals surface area contributed by atoms with Crippen molar-refractivity contribution in [2.24, 2.45) is 0 Å². The Morgan fingerprint density at radius 2 is 1.75 bits per heavy atom. The second-order valence-electron chi connectivity index (χ2n) is 4.53. The van der Waals surface area contributed by atoms with E-state index in [1.807, 2.05) is 61.5 Å². The third kappa shape index (κ3) is 4.10. The molecule has 3 nitrogen and oxygen atoms in total. The second kappa shape index (κ2) is 7.10. The molecule has 104 valence electrons. The maximum absolute atomic E-state index is 11.9. The van der Waals surface area contributed by atoms with Gasteiger partial charge in [-0.15, -0.1) is 0 Å². The van der Waals surface area contributed by atoms with Crippen LogP contribution in [0.3, 0.4) is 0 Å². The van der Waals surface area contributed by atoms with Crippen molar-refractivity contribution in [3.8, 4) is 0 Å². The lowest BCUT2D eigenvalue weighted by Gasteiger charge is -2.16. The molecule has 2 rings (SSSR count). The molecule has 0 aliphatic heterocycles. The van der Waals surface area contributed by atoms with Crippen LogP contribution in [0, 0.1) is 0 Å². The number of nitrogens with one attached hydrogen (secondary N) is 2. The molecule has 0 heterocycles. The van der Waals surface area contributed by atoms with Crippen LogP contribution in [-0.4, -0.2) is 12.5 Å². The van der Waals surface area contributed by atoms with Crippen molar-refractivity contribution >= 4 is 27.5 Å². The van der Waals surface area contributed by atoms with Gasteiger partial charge in [-0.1, -0.05) is 52.3 Å². The Hall–Kier alpha value is -1.81. The van der Waals surface area contributed by atoms with Crippen molar-refractivity contribution < 1.29 is 4.79 Å². The van der Waals surface area contributed by atoms with Gasteiger partial charge in [-0.05, 0) is 30.7 Å². The summed E-state index contributed by atoms with van der Waals surface area (Å²) in [4.78, 5) is 11.9. The highest BCUT2D eigenvalue weighted by molar-refractivity contribution is 9.10. The van der Waals surface area contributed by atoms with Gasteiger partial charge in [-0.2, -0.15) is 0 Å². The van der Waals surface area contributed by atoms with Crippen LogP contribution in [0.5, 0.6) is 0 Å². The SMILES string of the molecule is CC(NC(=O)CNc1ccccc1)c1ccccc1Br. The standard InChI is InChI=1S/C16H17BrN2O/c1-12(14-9-5-6-10-15(14)17)19-16(20)11-18-13-7-3-2-4-8-13/h2-10,12,18H,11H2,1H3,(H,19,20). The van der Waals surface area contributed by atoms with E-state index in [4.69, 9.17) is 0 Å². The Morgan fingerprint density at radius 3 is 2.45 bits per heavy atom. The predicted octanol–water partition coefficient (Wildman–Crippen LogP) is 3.74. The van der Waals surface area contributed by atoms with Gasteiger partial charge in [0.2, 0.25) is 5.91 Å². The number of carbonyl (C=O) groups is 1. The van der Waals surface area contributed by atoms with Gasteiger partial charge in [0.1, 0.15) is 0 Å². The van der Waals surface area contributed by atoms with Crippen LogP contribution in [0.15, 0.2) is 59.1 Å². The summed E-state index contributed by atoms with van der Waals surface area (Å²) in [6, 6.07) is 17.5. The summed E-state index contributed by atoms with van der Waals surface area (Å²) in [5.41, 5.74) is 2.01. The molecule has 1 unspecified atom stereocenters. The predicted molar refractivity (Wildman–Crippen MR) is 85.6 cm³/mol. The van der Waals surface area contributed by atoms with E-state index in [1.54, 1.807) is 0 Å². The molecule has 20 heavy (non-hydrogen) atoms. The monoisotopic (exact) mass is 332 g/mol. The van der Waals surface area contributed by atoms with Gasteiger partial charge in [0.15, 0.2) is 0 Å². The largest absolute Gasteiger partial charge is 0.376 e. The van der Waals surface area contributed by atoms with E-state index >= 15 is 0 Å². The normalized spacial score (nSPS) is 11.7. The number of hydrogen-bond donors (Lipinski definition) is 2. The van der Waals surface area contributed by atoms with Gasteiger partial charge in [0.25, 0.3) is 0 Å². The summed E-state index contributed by atoms with van der Waals surface area (Å²) in [6.07, 6.45) is 0. The third-order valence-electron chi connectivity index (χ3n) is 2.98. The number of benzene rings is 2. The zero-order valence-corrected chi connectivity index (χ0v) is 12.9. The van der Waals surface area contributed by atoms with Crippen LogP contribution in [0.25, 0.3) is 0 Å². The van der Waals surface area contributed by atoms with Gasteiger partial charge in [-0.3, -0.25) is 4.79 Å². The first-order valence-electron chi connectivity index (χ1n) is 6.49. The maximum Gasteiger partial charge on any atom is 0.239 e. The fourth-order valence-corrected chi connectivity index (χ4v) is 2.56. The first-order valence-corrected chi connectivity index (χ1v) is 7.29. The molecule has 4 heteroatoms. The molecular weight excluding hydrogens is 316 g/mol. The number of carbonyl (C=O) groups excluding carboxylic acids is 1. The van der Waals surface area contributed by atoms with Crippen LogP contribution in [0.2, 0.25) is 0 Å². The molecule has 0 radical (unpaired) electrons. The first kappa shape index (κ1) is 14.6. The summed E-state index contributed by atoms with van der Waals surface area (Å²) >= 11 is 3.50. The topological polar surface area (TPSA) is 41.1 Å². The lowest BCUT2D eigenvalue weighted by atomic mass is 10.1. The third-order valence-corrected chi connectivity index (χ3v) is 3.70. The lowest BCUT2D eigenvalue weighted by Crippen LogP contribution is -2.32. The molecule has 0 bridgehead atoms. The fourth-order valence-electron chi connectivity index (χ4n) is 1.93. The van der Waals surface area contributed by atoms with E-state index < -0.39 is 0 Å². The maximum atomic E-state index is 11.9. The molecule has 0 fully saturated rings. The fraction of sp³-hybridized carbons (Fsp3) is 0.188. The Balaban J connectivity index is 1.87. The molecule has 0 aromatic heterocycles. The number of halogens is 1. The molecule has 0 aliphatic rings. The van der Waals surface area contributed by atoms with E-state index in [0.29, 0.717) is 0 Å². The Kier molecular flexibility index (Phi) is 5.18. The molecule has 0 saturated carbocycles. The first-order chi connectivity index (χ1) is 9.66. The number of hydrogen-bond acceptors (Lipinski definition) is 2. The minimum Gasteiger partial charge on any atom is -0.376 e. The van der Waals surface area contributed by atoms with E-state index in [-0.39, 0.29) is 18.5 Å². The zero-order chi connectivity index (χ0) is 14.4.